The number of benzene rings is 2. The monoisotopic (exact) mass is 370 g/mol. The maximum Gasteiger partial charge on any atom is 0.182 e. The van der Waals surface area contributed by atoms with Gasteiger partial charge in [-0.15, -0.1) is 0 Å². The molecule has 3 rings (SSSR count). The molecule has 1 heterocycles. The number of carbonyl (C=O) groups excluding carboxylic acids is 1. The first-order valence-corrected chi connectivity index (χ1v) is 9.46. The number of methoxy groups -OCH3 is 2. The number of aliphatic imine (C=N–C) groups is 1. The van der Waals surface area contributed by atoms with E-state index in [1.54, 1.807) is 26.0 Å². The van der Waals surface area contributed by atoms with Gasteiger partial charge < -0.3 is 14.4 Å². The molecular weight excluding hydrogens is 348 g/mol. The Morgan fingerprint density at radius 3 is 2.62 bits per heavy atom. The summed E-state index contributed by atoms with van der Waals surface area (Å²) in [5.41, 5.74) is 1.46. The Morgan fingerprint density at radius 1 is 1.15 bits per heavy atom. The number of anilines is 1. The molecule has 5 nitrogen and oxygen atoms in total. The molecule has 0 bridgehead atoms. The van der Waals surface area contributed by atoms with Crippen molar-refractivity contribution in [1.29, 1.82) is 0 Å². The van der Waals surface area contributed by atoms with Gasteiger partial charge in [0.1, 0.15) is 11.5 Å². The van der Waals surface area contributed by atoms with E-state index >= 15 is 0 Å². The Hall–Kier alpha value is -2.47. The van der Waals surface area contributed by atoms with Gasteiger partial charge in [-0.25, -0.2) is 0 Å². The van der Waals surface area contributed by atoms with Gasteiger partial charge in [-0.2, -0.15) is 0 Å². The van der Waals surface area contributed by atoms with Crippen LogP contribution in [0.2, 0.25) is 0 Å². The first-order chi connectivity index (χ1) is 12.7. The second-order valence-electron chi connectivity index (χ2n) is 5.78. The Kier molecular flexibility index (Phi) is 6.17. The second kappa shape index (κ2) is 8.76. The van der Waals surface area contributed by atoms with Crippen molar-refractivity contribution in [3.63, 3.8) is 0 Å². The molecule has 6 heteroatoms. The lowest BCUT2D eigenvalue weighted by molar-refractivity contribution is 0.100. The summed E-state index contributed by atoms with van der Waals surface area (Å²) in [6.07, 6.45) is 1.05. The fourth-order valence-electron chi connectivity index (χ4n) is 2.73. The highest BCUT2D eigenvalue weighted by atomic mass is 32.2. The summed E-state index contributed by atoms with van der Waals surface area (Å²) < 4.78 is 10.9. The van der Waals surface area contributed by atoms with Crippen LogP contribution in [0.4, 0.5) is 5.69 Å². The minimum atomic E-state index is 0.0318. The van der Waals surface area contributed by atoms with Crippen molar-refractivity contribution in [2.45, 2.75) is 6.42 Å². The number of carbonyl (C=O) groups is 1. The lowest BCUT2D eigenvalue weighted by atomic mass is 10.1. The van der Waals surface area contributed by atoms with Crippen LogP contribution in [0.3, 0.4) is 0 Å². The molecule has 0 radical (unpaired) electrons. The van der Waals surface area contributed by atoms with Crippen molar-refractivity contribution in [1.82, 2.24) is 0 Å². The number of rotatable bonds is 6. The van der Waals surface area contributed by atoms with Gasteiger partial charge in [-0.3, -0.25) is 9.79 Å². The number of ether oxygens (including phenoxy) is 2. The van der Waals surface area contributed by atoms with Crippen LogP contribution >= 0.6 is 11.8 Å². The zero-order chi connectivity index (χ0) is 18.4. The van der Waals surface area contributed by atoms with Crippen LogP contribution in [-0.2, 0) is 0 Å². The van der Waals surface area contributed by atoms with Crippen LogP contribution in [0.1, 0.15) is 16.8 Å². The number of ketones is 1. The molecule has 0 spiro atoms. The van der Waals surface area contributed by atoms with E-state index in [-0.39, 0.29) is 12.3 Å². The standard InChI is InChI=1S/C20H22N2O3S/c1-24-16-9-10-19(25-2)17(13-16)22(20-21-11-6-12-26-20)14-18(23)15-7-4-3-5-8-15/h3-5,7-10,13H,6,11-12,14H2,1-2H3. The van der Waals surface area contributed by atoms with E-state index in [0.717, 1.165) is 29.6 Å². The normalized spacial score (nSPS) is 13.7. The SMILES string of the molecule is COc1ccc(OC)c(N(CC(=O)c2ccccc2)C2=NCCCS2)c1. The van der Waals surface area contributed by atoms with E-state index in [0.29, 0.717) is 17.1 Å². The number of hydrogen-bond acceptors (Lipinski definition) is 6. The van der Waals surface area contributed by atoms with Crippen molar-refractivity contribution >= 4 is 28.4 Å². The molecule has 0 aromatic heterocycles. The average molecular weight is 370 g/mol. The number of Topliss-reactive ketones (excluding diaryl/α,β-unsaturated/α-hetero) is 1. The molecular formula is C20H22N2O3S. The molecule has 0 fully saturated rings. The third kappa shape index (κ3) is 4.19. The van der Waals surface area contributed by atoms with Gasteiger partial charge in [0.15, 0.2) is 11.0 Å². The predicted octanol–water partition coefficient (Wildman–Crippen LogP) is 3.89. The molecule has 0 N–H and O–H groups in total. The molecule has 2 aromatic rings. The van der Waals surface area contributed by atoms with Crippen LogP contribution in [0.15, 0.2) is 53.5 Å². The predicted molar refractivity (Wildman–Crippen MR) is 107 cm³/mol. The zero-order valence-electron chi connectivity index (χ0n) is 15.0. The van der Waals surface area contributed by atoms with E-state index in [9.17, 15) is 4.79 Å². The van der Waals surface area contributed by atoms with Crippen LogP contribution in [0.25, 0.3) is 0 Å². The lowest BCUT2D eigenvalue weighted by Crippen LogP contribution is -2.36. The fraction of sp³-hybridized carbons (Fsp3) is 0.300. The molecule has 136 valence electrons. The molecule has 0 unspecified atom stereocenters. The van der Waals surface area contributed by atoms with E-state index in [1.807, 2.05) is 53.4 Å². The van der Waals surface area contributed by atoms with E-state index in [4.69, 9.17) is 9.47 Å². The third-order valence-corrected chi connectivity index (χ3v) is 5.19. The summed E-state index contributed by atoms with van der Waals surface area (Å²) in [6, 6.07) is 14.9. The first-order valence-electron chi connectivity index (χ1n) is 8.48. The van der Waals surface area contributed by atoms with Gasteiger partial charge in [0.2, 0.25) is 0 Å². The Labute approximate surface area is 158 Å². The van der Waals surface area contributed by atoms with Crippen molar-refractivity contribution in [2.24, 2.45) is 4.99 Å². The maximum absolute atomic E-state index is 12.8. The van der Waals surface area contributed by atoms with Gasteiger partial charge >= 0.3 is 0 Å². The maximum atomic E-state index is 12.8. The second-order valence-corrected chi connectivity index (χ2v) is 6.84. The minimum Gasteiger partial charge on any atom is -0.497 e. The van der Waals surface area contributed by atoms with Crippen molar-refractivity contribution in [3.8, 4) is 11.5 Å². The molecule has 0 aliphatic carbocycles. The Bertz CT molecular complexity index is 793. The molecule has 1 aliphatic rings. The number of hydrogen-bond donors (Lipinski definition) is 0. The summed E-state index contributed by atoms with van der Waals surface area (Å²) in [6.45, 7) is 0.962. The highest BCUT2D eigenvalue weighted by Gasteiger charge is 2.23. The van der Waals surface area contributed by atoms with Crippen molar-refractivity contribution in [3.05, 3.63) is 54.1 Å². The zero-order valence-corrected chi connectivity index (χ0v) is 15.8. The number of amidine groups is 1. The number of nitrogens with zero attached hydrogens (tertiary/aromatic N) is 2. The molecule has 26 heavy (non-hydrogen) atoms. The Morgan fingerprint density at radius 2 is 1.96 bits per heavy atom. The van der Waals surface area contributed by atoms with E-state index < -0.39 is 0 Å². The Balaban J connectivity index is 1.99. The van der Waals surface area contributed by atoms with Gasteiger partial charge in [-0.05, 0) is 18.6 Å². The van der Waals surface area contributed by atoms with Gasteiger partial charge in [0, 0.05) is 23.9 Å². The average Bonchev–Trinajstić information content (AvgIpc) is 2.72. The van der Waals surface area contributed by atoms with Crippen LogP contribution < -0.4 is 14.4 Å². The summed E-state index contributed by atoms with van der Waals surface area (Å²) in [4.78, 5) is 19.4. The molecule has 1 aliphatic heterocycles. The summed E-state index contributed by atoms with van der Waals surface area (Å²) >= 11 is 1.66. The van der Waals surface area contributed by atoms with E-state index in [1.165, 1.54) is 0 Å². The van der Waals surface area contributed by atoms with Gasteiger partial charge in [-0.1, -0.05) is 42.1 Å². The molecule has 2 aromatic carbocycles. The van der Waals surface area contributed by atoms with Crippen LogP contribution in [-0.4, -0.2) is 44.0 Å². The van der Waals surface area contributed by atoms with Crippen molar-refractivity contribution < 1.29 is 14.3 Å². The molecule has 0 saturated carbocycles. The highest BCUT2D eigenvalue weighted by molar-refractivity contribution is 8.14. The fourth-order valence-corrected chi connectivity index (χ4v) is 3.69. The smallest absolute Gasteiger partial charge is 0.182 e. The van der Waals surface area contributed by atoms with Crippen LogP contribution in [0, 0.1) is 0 Å². The molecule has 0 atom stereocenters. The van der Waals surface area contributed by atoms with E-state index in [2.05, 4.69) is 4.99 Å². The number of thioether (sulfide) groups is 1. The lowest BCUT2D eigenvalue weighted by Gasteiger charge is -2.28. The molecule has 0 amide bonds. The summed E-state index contributed by atoms with van der Waals surface area (Å²) in [5, 5.41) is 0.840. The van der Waals surface area contributed by atoms with Crippen molar-refractivity contribution in [2.75, 3.05) is 38.0 Å². The first kappa shape index (κ1) is 18.3. The van der Waals surface area contributed by atoms with Crippen LogP contribution in [0.5, 0.6) is 11.5 Å². The molecule has 0 saturated heterocycles. The minimum absolute atomic E-state index is 0.0318. The third-order valence-electron chi connectivity index (χ3n) is 4.09. The highest BCUT2D eigenvalue weighted by Crippen LogP contribution is 2.35. The summed E-state index contributed by atoms with van der Waals surface area (Å²) in [5.74, 6) is 2.41. The topological polar surface area (TPSA) is 51.1 Å². The van der Waals surface area contributed by atoms with Gasteiger partial charge in [0.25, 0.3) is 0 Å². The summed E-state index contributed by atoms with van der Waals surface area (Å²) in [7, 11) is 3.25. The largest absolute Gasteiger partial charge is 0.497 e. The quantitative estimate of drug-likeness (QED) is 0.722. The van der Waals surface area contributed by atoms with Gasteiger partial charge in [0.05, 0.1) is 26.5 Å².